The summed E-state index contributed by atoms with van der Waals surface area (Å²) >= 11 is 0. The van der Waals surface area contributed by atoms with Crippen molar-refractivity contribution < 1.29 is 14.3 Å². The Hall–Kier alpha value is -2.15. The molecule has 3 heterocycles. The van der Waals surface area contributed by atoms with Gasteiger partial charge < -0.3 is 19.9 Å². The molecule has 2 saturated heterocycles. The van der Waals surface area contributed by atoms with Crippen molar-refractivity contribution in [2.75, 3.05) is 44.2 Å². The van der Waals surface area contributed by atoms with Crippen LogP contribution in [0.3, 0.4) is 0 Å². The first-order chi connectivity index (χ1) is 13.5. The molecular formula is C21H32N4O3. The van der Waals surface area contributed by atoms with Gasteiger partial charge in [0.25, 0.3) is 5.91 Å². The van der Waals surface area contributed by atoms with E-state index < -0.39 is 0 Å². The molecule has 7 nitrogen and oxygen atoms in total. The molecule has 2 amide bonds. The van der Waals surface area contributed by atoms with E-state index in [1.54, 1.807) is 12.3 Å². The predicted molar refractivity (Wildman–Crippen MR) is 108 cm³/mol. The number of piperazine rings is 1. The molecule has 0 unspecified atom stereocenters. The van der Waals surface area contributed by atoms with Crippen molar-refractivity contribution in [3.05, 3.63) is 23.9 Å². The van der Waals surface area contributed by atoms with Crippen LogP contribution in [0.1, 0.15) is 49.9 Å². The highest BCUT2D eigenvalue weighted by molar-refractivity contribution is 5.99. The molecule has 3 rings (SSSR count). The molecule has 1 N–H and O–H groups in total. The van der Waals surface area contributed by atoms with Crippen LogP contribution in [0.4, 0.5) is 5.82 Å². The van der Waals surface area contributed by atoms with Crippen LogP contribution >= 0.6 is 0 Å². The topological polar surface area (TPSA) is 74.8 Å². The largest absolute Gasteiger partial charge is 0.376 e. The summed E-state index contributed by atoms with van der Waals surface area (Å²) in [5.41, 5.74) is 0.583. The van der Waals surface area contributed by atoms with Crippen LogP contribution in [-0.4, -0.2) is 67.1 Å². The van der Waals surface area contributed by atoms with Gasteiger partial charge in [-0.05, 0) is 37.3 Å². The van der Waals surface area contributed by atoms with Gasteiger partial charge in [0.05, 0.1) is 11.7 Å². The third-order valence-corrected chi connectivity index (χ3v) is 5.41. The zero-order valence-electron chi connectivity index (χ0n) is 17.0. The molecule has 2 aliphatic rings. The fourth-order valence-corrected chi connectivity index (χ4v) is 3.67. The second-order valence-corrected chi connectivity index (χ2v) is 8.02. The Morgan fingerprint density at radius 1 is 1.29 bits per heavy atom. The minimum atomic E-state index is -0.117. The summed E-state index contributed by atoms with van der Waals surface area (Å²) in [6.07, 6.45) is 5.41. The quantitative estimate of drug-likeness (QED) is 0.774. The molecule has 0 aromatic carbocycles. The number of carbonyl (C=O) groups excluding carboxylic acids is 2. The van der Waals surface area contributed by atoms with E-state index in [1.807, 2.05) is 11.0 Å². The van der Waals surface area contributed by atoms with Gasteiger partial charge in [0, 0.05) is 51.9 Å². The van der Waals surface area contributed by atoms with E-state index in [1.165, 1.54) is 0 Å². The molecule has 1 aromatic rings. The van der Waals surface area contributed by atoms with Crippen LogP contribution < -0.4 is 10.2 Å². The fraction of sp³-hybridized carbons (Fsp3) is 0.667. The van der Waals surface area contributed by atoms with Gasteiger partial charge in [-0.15, -0.1) is 0 Å². The molecule has 154 valence electrons. The number of carbonyl (C=O) groups is 2. The first kappa shape index (κ1) is 20.6. The second-order valence-electron chi connectivity index (χ2n) is 8.02. The molecule has 0 spiro atoms. The maximum absolute atomic E-state index is 12.7. The smallest absolute Gasteiger partial charge is 0.255 e. The van der Waals surface area contributed by atoms with Gasteiger partial charge in [-0.2, -0.15) is 0 Å². The maximum Gasteiger partial charge on any atom is 0.255 e. The van der Waals surface area contributed by atoms with Crippen molar-refractivity contribution in [1.29, 1.82) is 0 Å². The Morgan fingerprint density at radius 3 is 2.75 bits per heavy atom. The lowest BCUT2D eigenvalue weighted by atomic mass is 10.1. The molecule has 1 atom stereocenters. The SMILES string of the molecule is CC(C)CCC(=O)N1CCN(c2ncccc2C(=O)NC[C@H]2CCCO2)CC1. The first-order valence-electron chi connectivity index (χ1n) is 10.4. The molecule has 7 heteroatoms. The van der Waals surface area contributed by atoms with Gasteiger partial charge in [-0.3, -0.25) is 9.59 Å². The van der Waals surface area contributed by atoms with Crippen molar-refractivity contribution in [2.45, 2.75) is 45.6 Å². The van der Waals surface area contributed by atoms with Gasteiger partial charge in [0.15, 0.2) is 0 Å². The lowest BCUT2D eigenvalue weighted by molar-refractivity contribution is -0.131. The summed E-state index contributed by atoms with van der Waals surface area (Å²) in [7, 11) is 0. The van der Waals surface area contributed by atoms with E-state index in [0.717, 1.165) is 25.9 Å². The zero-order valence-corrected chi connectivity index (χ0v) is 17.0. The number of nitrogens with zero attached hydrogens (tertiary/aromatic N) is 3. The van der Waals surface area contributed by atoms with Crippen LogP contribution in [0.5, 0.6) is 0 Å². The molecule has 28 heavy (non-hydrogen) atoms. The molecule has 0 bridgehead atoms. The molecular weight excluding hydrogens is 356 g/mol. The number of anilines is 1. The third kappa shape index (κ3) is 5.44. The average molecular weight is 389 g/mol. The van der Waals surface area contributed by atoms with Gasteiger partial charge in [0.1, 0.15) is 5.82 Å². The van der Waals surface area contributed by atoms with E-state index in [-0.39, 0.29) is 17.9 Å². The maximum atomic E-state index is 12.7. The standard InChI is InChI=1S/C21H32N4O3/c1-16(2)7-8-19(26)24-10-12-25(13-11-24)20-18(6-3-9-22-20)21(27)23-15-17-5-4-14-28-17/h3,6,9,16-17H,4-5,7-8,10-15H2,1-2H3,(H,23,27)/t17-/m1/s1. The van der Waals surface area contributed by atoms with Gasteiger partial charge in [-0.1, -0.05) is 13.8 Å². The molecule has 1 aromatic heterocycles. The molecule has 0 saturated carbocycles. The van der Waals surface area contributed by atoms with Crippen molar-refractivity contribution in [1.82, 2.24) is 15.2 Å². The van der Waals surface area contributed by atoms with Gasteiger partial charge in [0.2, 0.25) is 5.91 Å². The fourth-order valence-electron chi connectivity index (χ4n) is 3.67. The Labute approximate surface area is 167 Å². The summed E-state index contributed by atoms with van der Waals surface area (Å²) in [4.78, 5) is 33.5. The molecule has 2 fully saturated rings. The van der Waals surface area contributed by atoms with Crippen molar-refractivity contribution in [3.63, 3.8) is 0 Å². The lowest BCUT2D eigenvalue weighted by Crippen LogP contribution is -2.49. The first-order valence-corrected chi connectivity index (χ1v) is 10.4. The normalized spacial score (nSPS) is 19.9. The van der Waals surface area contributed by atoms with E-state index in [4.69, 9.17) is 4.74 Å². The average Bonchev–Trinajstić information content (AvgIpc) is 3.24. The van der Waals surface area contributed by atoms with Gasteiger partial charge >= 0.3 is 0 Å². The van der Waals surface area contributed by atoms with E-state index >= 15 is 0 Å². The van der Waals surface area contributed by atoms with Crippen molar-refractivity contribution in [2.24, 2.45) is 5.92 Å². The number of pyridine rings is 1. The van der Waals surface area contributed by atoms with Crippen LogP contribution in [0, 0.1) is 5.92 Å². The van der Waals surface area contributed by atoms with E-state index in [9.17, 15) is 9.59 Å². The van der Waals surface area contributed by atoms with Crippen molar-refractivity contribution in [3.8, 4) is 0 Å². The minimum Gasteiger partial charge on any atom is -0.376 e. The summed E-state index contributed by atoms with van der Waals surface area (Å²) in [6, 6.07) is 3.60. The highest BCUT2D eigenvalue weighted by Crippen LogP contribution is 2.20. The summed E-state index contributed by atoms with van der Waals surface area (Å²) < 4.78 is 5.58. The highest BCUT2D eigenvalue weighted by Gasteiger charge is 2.25. The third-order valence-electron chi connectivity index (χ3n) is 5.41. The predicted octanol–water partition coefficient (Wildman–Crippen LogP) is 2.08. The second kappa shape index (κ2) is 9.87. The summed E-state index contributed by atoms with van der Waals surface area (Å²) in [5, 5.41) is 2.98. The number of nitrogens with one attached hydrogen (secondary N) is 1. The highest BCUT2D eigenvalue weighted by atomic mass is 16.5. The van der Waals surface area contributed by atoms with Crippen LogP contribution in [0.25, 0.3) is 0 Å². The minimum absolute atomic E-state index is 0.115. The number of rotatable bonds is 7. The molecule has 0 aliphatic carbocycles. The zero-order chi connectivity index (χ0) is 19.9. The monoisotopic (exact) mass is 388 g/mol. The summed E-state index contributed by atoms with van der Waals surface area (Å²) in [5.74, 6) is 1.34. The number of amides is 2. The van der Waals surface area contributed by atoms with E-state index in [2.05, 4.69) is 29.0 Å². The molecule has 2 aliphatic heterocycles. The van der Waals surface area contributed by atoms with Crippen LogP contribution in [0.2, 0.25) is 0 Å². The number of hydrogen-bond donors (Lipinski definition) is 1. The Balaban J connectivity index is 1.56. The Bertz CT molecular complexity index is 665. The Kier molecular flexibility index (Phi) is 7.25. The van der Waals surface area contributed by atoms with E-state index in [0.29, 0.717) is 56.4 Å². The van der Waals surface area contributed by atoms with Crippen molar-refractivity contribution >= 4 is 17.6 Å². The molecule has 0 radical (unpaired) electrons. The number of aromatic nitrogens is 1. The Morgan fingerprint density at radius 2 is 2.07 bits per heavy atom. The number of ether oxygens (including phenoxy) is 1. The van der Waals surface area contributed by atoms with Gasteiger partial charge in [-0.25, -0.2) is 4.98 Å². The number of hydrogen-bond acceptors (Lipinski definition) is 5. The van der Waals surface area contributed by atoms with Crippen LogP contribution in [0.15, 0.2) is 18.3 Å². The summed E-state index contributed by atoms with van der Waals surface area (Å²) in [6.45, 7) is 8.31. The van der Waals surface area contributed by atoms with Crippen LogP contribution in [-0.2, 0) is 9.53 Å². The lowest BCUT2D eigenvalue weighted by Gasteiger charge is -2.36.